The topological polar surface area (TPSA) is 66.8 Å². The summed E-state index contributed by atoms with van der Waals surface area (Å²) in [4.78, 5) is 24.6. The zero-order chi connectivity index (χ0) is 13.5. The highest BCUT2D eigenvalue weighted by molar-refractivity contribution is 7.16. The molecular weight excluding hydrogens is 278 g/mol. The third-order valence-electron chi connectivity index (χ3n) is 2.16. The van der Waals surface area contributed by atoms with Crippen LogP contribution in [0.1, 0.15) is 11.8 Å². The van der Waals surface area contributed by atoms with Gasteiger partial charge in [0.05, 0.1) is 10.9 Å². The number of hydrogen-bond donors (Lipinski definition) is 1. The molecule has 0 aromatic carbocycles. The minimum Gasteiger partial charge on any atom is -0.480 e. The molecule has 1 rings (SSSR count). The molecule has 0 saturated carbocycles. The van der Waals surface area contributed by atoms with E-state index in [-0.39, 0.29) is 12.5 Å². The van der Waals surface area contributed by atoms with E-state index in [4.69, 9.17) is 21.4 Å². The van der Waals surface area contributed by atoms with E-state index in [1.807, 2.05) is 13.0 Å². The Balaban J connectivity index is 2.44. The van der Waals surface area contributed by atoms with E-state index in [9.17, 15) is 9.59 Å². The van der Waals surface area contributed by atoms with Crippen LogP contribution in [0.15, 0.2) is 12.1 Å². The molecule has 1 aromatic heterocycles. The first-order valence-corrected chi connectivity index (χ1v) is 6.54. The lowest BCUT2D eigenvalue weighted by Crippen LogP contribution is -2.33. The second-order valence-corrected chi connectivity index (χ2v) is 5.30. The highest BCUT2D eigenvalue weighted by Crippen LogP contribution is 2.22. The first kappa shape index (κ1) is 14.9. The Kier molecular flexibility index (Phi) is 6.11. The van der Waals surface area contributed by atoms with E-state index in [0.717, 1.165) is 4.88 Å². The van der Waals surface area contributed by atoms with Gasteiger partial charge >= 0.3 is 5.97 Å². The third kappa shape index (κ3) is 5.03. The summed E-state index contributed by atoms with van der Waals surface area (Å²) < 4.78 is 5.45. The molecular formula is C11H14ClNO4S. The van der Waals surface area contributed by atoms with Crippen LogP contribution in [0.4, 0.5) is 0 Å². The molecule has 0 fully saturated rings. The minimum atomic E-state index is -1.09. The van der Waals surface area contributed by atoms with Crippen molar-refractivity contribution in [3.8, 4) is 0 Å². The maximum Gasteiger partial charge on any atom is 0.329 e. The van der Waals surface area contributed by atoms with Gasteiger partial charge < -0.3 is 14.7 Å². The van der Waals surface area contributed by atoms with E-state index in [2.05, 4.69) is 0 Å². The average molecular weight is 292 g/mol. The van der Waals surface area contributed by atoms with Gasteiger partial charge in [0.15, 0.2) is 0 Å². The molecule has 5 nitrogen and oxygen atoms in total. The van der Waals surface area contributed by atoms with Gasteiger partial charge in [-0.3, -0.25) is 4.79 Å². The van der Waals surface area contributed by atoms with Gasteiger partial charge in [0, 0.05) is 11.4 Å². The molecule has 7 heteroatoms. The average Bonchev–Trinajstić information content (AvgIpc) is 2.71. The minimum absolute atomic E-state index is 0.223. The molecule has 18 heavy (non-hydrogen) atoms. The van der Waals surface area contributed by atoms with Crippen molar-refractivity contribution in [2.24, 2.45) is 0 Å². The summed E-state index contributed by atoms with van der Waals surface area (Å²) in [6, 6.07) is 3.64. The van der Waals surface area contributed by atoms with Gasteiger partial charge in [-0.2, -0.15) is 0 Å². The van der Waals surface area contributed by atoms with Crippen molar-refractivity contribution in [3.63, 3.8) is 0 Å². The summed E-state index contributed by atoms with van der Waals surface area (Å²) in [6.45, 7) is 2.16. The van der Waals surface area contributed by atoms with E-state index in [0.29, 0.717) is 17.4 Å². The maximum atomic E-state index is 11.7. The van der Waals surface area contributed by atoms with Gasteiger partial charge in [0.2, 0.25) is 5.91 Å². The fourth-order valence-corrected chi connectivity index (χ4v) is 2.42. The van der Waals surface area contributed by atoms with Gasteiger partial charge in [-0.05, 0) is 19.1 Å². The summed E-state index contributed by atoms with van der Waals surface area (Å²) in [5.41, 5.74) is 0. The van der Waals surface area contributed by atoms with Gasteiger partial charge in [-0.1, -0.05) is 11.6 Å². The number of carboxylic acids is 1. The number of nitrogens with zero attached hydrogens (tertiary/aromatic N) is 1. The van der Waals surface area contributed by atoms with Crippen LogP contribution < -0.4 is 0 Å². The molecule has 1 N–H and O–H groups in total. The smallest absolute Gasteiger partial charge is 0.329 e. The van der Waals surface area contributed by atoms with Crippen LogP contribution in [0.2, 0.25) is 4.34 Å². The van der Waals surface area contributed by atoms with Crippen LogP contribution in [0.3, 0.4) is 0 Å². The number of hydrogen-bond acceptors (Lipinski definition) is 4. The number of carboxylic acid groups (broad SMARTS) is 1. The highest BCUT2D eigenvalue weighted by Gasteiger charge is 2.13. The standard InChI is InChI=1S/C11H14ClNO4S/c1-2-13(5-8-3-4-9(12)18-8)10(14)6-17-7-11(15)16/h3-4H,2,5-7H2,1H3,(H,15,16). The first-order chi connectivity index (χ1) is 8.52. The van der Waals surface area contributed by atoms with Crippen molar-refractivity contribution in [1.29, 1.82) is 0 Å². The Morgan fingerprint density at radius 3 is 2.67 bits per heavy atom. The van der Waals surface area contributed by atoms with E-state index >= 15 is 0 Å². The molecule has 0 radical (unpaired) electrons. The Morgan fingerprint density at radius 1 is 1.44 bits per heavy atom. The number of carbonyl (C=O) groups is 2. The summed E-state index contributed by atoms with van der Waals surface area (Å²) in [7, 11) is 0. The fourth-order valence-electron chi connectivity index (χ4n) is 1.32. The number of thiophene rings is 1. The molecule has 0 bridgehead atoms. The summed E-state index contributed by atoms with van der Waals surface area (Å²) >= 11 is 7.22. The zero-order valence-corrected chi connectivity index (χ0v) is 11.5. The van der Waals surface area contributed by atoms with E-state index < -0.39 is 12.6 Å². The molecule has 1 amide bonds. The van der Waals surface area contributed by atoms with Crippen molar-refractivity contribution in [2.45, 2.75) is 13.5 Å². The van der Waals surface area contributed by atoms with Gasteiger partial charge in [0.1, 0.15) is 13.2 Å². The van der Waals surface area contributed by atoms with Gasteiger partial charge in [-0.25, -0.2) is 4.79 Å². The Morgan fingerprint density at radius 2 is 2.17 bits per heavy atom. The molecule has 0 aliphatic heterocycles. The SMILES string of the molecule is CCN(Cc1ccc(Cl)s1)C(=O)COCC(=O)O. The summed E-state index contributed by atoms with van der Waals surface area (Å²) in [5, 5.41) is 8.40. The molecule has 0 saturated heterocycles. The Hall–Kier alpha value is -1.11. The van der Waals surface area contributed by atoms with Crippen LogP contribution in [0, 0.1) is 0 Å². The van der Waals surface area contributed by atoms with Gasteiger partial charge in [-0.15, -0.1) is 11.3 Å². The lowest BCUT2D eigenvalue weighted by molar-refractivity contribution is -0.146. The molecule has 0 atom stereocenters. The Bertz CT molecular complexity index is 421. The summed E-state index contributed by atoms with van der Waals surface area (Å²) in [5.74, 6) is -1.32. The van der Waals surface area contributed by atoms with Crippen molar-refractivity contribution < 1.29 is 19.4 Å². The first-order valence-electron chi connectivity index (χ1n) is 5.34. The number of carbonyl (C=O) groups excluding carboxylic acids is 1. The zero-order valence-electron chi connectivity index (χ0n) is 9.89. The molecule has 0 spiro atoms. The number of rotatable bonds is 7. The number of likely N-dealkylation sites (N-methyl/N-ethyl adjacent to an activating group) is 1. The monoisotopic (exact) mass is 291 g/mol. The lowest BCUT2D eigenvalue weighted by Gasteiger charge is -2.19. The van der Waals surface area contributed by atoms with Crippen LogP contribution in [0.5, 0.6) is 0 Å². The fraction of sp³-hybridized carbons (Fsp3) is 0.455. The highest BCUT2D eigenvalue weighted by atomic mass is 35.5. The second kappa shape index (κ2) is 7.35. The Labute approximate surface area is 114 Å². The van der Waals surface area contributed by atoms with Crippen LogP contribution in [-0.4, -0.2) is 41.6 Å². The number of amides is 1. The predicted octanol–water partition coefficient (Wildman–Crippen LogP) is 1.85. The quantitative estimate of drug-likeness (QED) is 0.832. The molecule has 0 unspecified atom stereocenters. The predicted molar refractivity (Wildman–Crippen MR) is 68.9 cm³/mol. The van der Waals surface area contributed by atoms with Crippen molar-refractivity contribution in [1.82, 2.24) is 4.90 Å². The molecule has 0 aliphatic carbocycles. The number of halogens is 1. The molecule has 100 valence electrons. The third-order valence-corrected chi connectivity index (χ3v) is 3.38. The largest absolute Gasteiger partial charge is 0.480 e. The molecule has 1 heterocycles. The maximum absolute atomic E-state index is 11.7. The molecule has 0 aliphatic rings. The van der Waals surface area contributed by atoms with Crippen molar-refractivity contribution in [2.75, 3.05) is 19.8 Å². The van der Waals surface area contributed by atoms with Crippen molar-refractivity contribution in [3.05, 3.63) is 21.3 Å². The van der Waals surface area contributed by atoms with Crippen LogP contribution >= 0.6 is 22.9 Å². The number of aliphatic carboxylic acids is 1. The second-order valence-electron chi connectivity index (χ2n) is 3.50. The molecule has 1 aromatic rings. The normalized spacial score (nSPS) is 10.3. The van der Waals surface area contributed by atoms with Crippen molar-refractivity contribution >= 4 is 34.8 Å². The van der Waals surface area contributed by atoms with E-state index in [1.165, 1.54) is 11.3 Å². The van der Waals surface area contributed by atoms with Gasteiger partial charge in [0.25, 0.3) is 0 Å². The van der Waals surface area contributed by atoms with Crippen LogP contribution in [-0.2, 0) is 20.9 Å². The lowest BCUT2D eigenvalue weighted by atomic mass is 10.4. The summed E-state index contributed by atoms with van der Waals surface area (Å²) in [6.07, 6.45) is 0. The number of ether oxygens (including phenoxy) is 1. The van der Waals surface area contributed by atoms with Crippen LogP contribution in [0.25, 0.3) is 0 Å². The van der Waals surface area contributed by atoms with E-state index in [1.54, 1.807) is 11.0 Å².